The van der Waals surface area contributed by atoms with E-state index < -0.39 is 0 Å². The smallest absolute Gasteiger partial charge is 0.156 e. The van der Waals surface area contributed by atoms with Crippen LogP contribution in [0.2, 0.25) is 0 Å². The van der Waals surface area contributed by atoms with Crippen LogP contribution in [0.15, 0.2) is 30.5 Å². The summed E-state index contributed by atoms with van der Waals surface area (Å²) in [5, 5.41) is 14.7. The molecule has 2 bridgehead atoms. The molecule has 1 N–H and O–H groups in total. The van der Waals surface area contributed by atoms with E-state index in [1.165, 1.54) is 24.6 Å². The van der Waals surface area contributed by atoms with Crippen LogP contribution in [0.25, 0.3) is 10.8 Å². The Labute approximate surface area is 126 Å². The number of fused-ring (bicyclic) bond motifs is 3. The lowest BCUT2D eigenvalue weighted by Gasteiger charge is -2.43. The number of hydrogen-bond donors (Lipinski definition) is 1. The van der Waals surface area contributed by atoms with Gasteiger partial charge >= 0.3 is 0 Å². The summed E-state index contributed by atoms with van der Waals surface area (Å²) in [5.41, 5.74) is 0.721. The molecule has 0 spiro atoms. The zero-order valence-corrected chi connectivity index (χ0v) is 13.1. The van der Waals surface area contributed by atoms with Crippen LogP contribution >= 0.6 is 0 Å². The number of nitrogens with one attached hydrogen (secondary N) is 1. The first-order valence-corrected chi connectivity index (χ1v) is 7.98. The van der Waals surface area contributed by atoms with Crippen molar-refractivity contribution in [1.82, 2.24) is 10.2 Å². The first-order chi connectivity index (χ1) is 10.0. The van der Waals surface area contributed by atoms with E-state index in [2.05, 4.69) is 60.6 Å². The Morgan fingerprint density at radius 1 is 1.19 bits per heavy atom. The van der Waals surface area contributed by atoms with Gasteiger partial charge in [0, 0.05) is 16.8 Å². The van der Waals surface area contributed by atoms with Crippen molar-refractivity contribution in [2.45, 2.75) is 46.1 Å². The lowest BCUT2D eigenvalue weighted by atomic mass is 9.68. The molecule has 3 nitrogen and oxygen atoms in total. The third-order valence-corrected chi connectivity index (χ3v) is 6.12. The maximum absolute atomic E-state index is 4.39. The van der Waals surface area contributed by atoms with Crippen LogP contribution in [-0.2, 0) is 0 Å². The lowest BCUT2D eigenvalue weighted by Crippen LogP contribution is -2.46. The van der Waals surface area contributed by atoms with Crippen molar-refractivity contribution in [3.05, 3.63) is 30.5 Å². The normalized spacial score (nSPS) is 33.5. The second-order valence-electron chi connectivity index (χ2n) is 7.77. The van der Waals surface area contributed by atoms with Gasteiger partial charge in [-0.15, -0.1) is 5.10 Å². The maximum atomic E-state index is 4.39. The van der Waals surface area contributed by atoms with Crippen LogP contribution in [0.1, 0.15) is 40.0 Å². The molecule has 110 valence electrons. The summed E-state index contributed by atoms with van der Waals surface area (Å²) >= 11 is 0. The van der Waals surface area contributed by atoms with Crippen LogP contribution < -0.4 is 5.32 Å². The van der Waals surface area contributed by atoms with E-state index in [1.807, 2.05) is 6.20 Å². The molecule has 0 saturated heterocycles. The summed E-state index contributed by atoms with van der Waals surface area (Å²) < 4.78 is 0. The summed E-state index contributed by atoms with van der Waals surface area (Å²) in [6.45, 7) is 7.27. The summed E-state index contributed by atoms with van der Waals surface area (Å²) in [6, 6.07) is 8.83. The van der Waals surface area contributed by atoms with Gasteiger partial charge in [0.2, 0.25) is 0 Å². The minimum absolute atomic E-state index is 0.325. The Hall–Kier alpha value is -1.64. The molecule has 0 aliphatic heterocycles. The van der Waals surface area contributed by atoms with Crippen LogP contribution in [0.4, 0.5) is 5.82 Å². The van der Waals surface area contributed by atoms with E-state index in [-0.39, 0.29) is 0 Å². The van der Waals surface area contributed by atoms with E-state index in [9.17, 15) is 0 Å². The van der Waals surface area contributed by atoms with Gasteiger partial charge in [0.1, 0.15) is 0 Å². The van der Waals surface area contributed by atoms with Crippen LogP contribution in [0, 0.1) is 16.7 Å². The minimum atomic E-state index is 0.325. The van der Waals surface area contributed by atoms with Crippen LogP contribution in [-0.4, -0.2) is 16.2 Å². The largest absolute Gasteiger partial charge is 0.364 e. The fraction of sp³-hybridized carbons (Fsp3) is 0.556. The minimum Gasteiger partial charge on any atom is -0.364 e. The van der Waals surface area contributed by atoms with Crippen molar-refractivity contribution in [3.63, 3.8) is 0 Å². The van der Waals surface area contributed by atoms with E-state index >= 15 is 0 Å². The molecule has 2 aliphatic rings. The molecule has 21 heavy (non-hydrogen) atoms. The predicted molar refractivity (Wildman–Crippen MR) is 86.2 cm³/mol. The molecular formula is C18H23N3. The van der Waals surface area contributed by atoms with Gasteiger partial charge in [-0.25, -0.2) is 0 Å². The van der Waals surface area contributed by atoms with Crippen molar-refractivity contribution < 1.29 is 0 Å². The van der Waals surface area contributed by atoms with E-state index in [0.29, 0.717) is 16.9 Å². The number of hydrogen-bond acceptors (Lipinski definition) is 3. The highest BCUT2D eigenvalue weighted by Crippen LogP contribution is 2.63. The van der Waals surface area contributed by atoms with Gasteiger partial charge in [0.25, 0.3) is 0 Å². The zero-order chi connectivity index (χ0) is 14.7. The van der Waals surface area contributed by atoms with Crippen molar-refractivity contribution in [2.75, 3.05) is 5.32 Å². The van der Waals surface area contributed by atoms with Gasteiger partial charge in [0.15, 0.2) is 5.82 Å². The monoisotopic (exact) mass is 281 g/mol. The molecule has 1 heterocycles. The number of anilines is 1. The summed E-state index contributed by atoms with van der Waals surface area (Å²) in [5.74, 6) is 1.78. The molecule has 1 aromatic heterocycles. The molecule has 3 unspecified atom stereocenters. The fourth-order valence-corrected chi connectivity index (χ4v) is 4.93. The maximum Gasteiger partial charge on any atom is 0.156 e. The molecule has 1 aromatic carbocycles. The van der Waals surface area contributed by atoms with Crippen LogP contribution in [0.5, 0.6) is 0 Å². The summed E-state index contributed by atoms with van der Waals surface area (Å²) in [4.78, 5) is 0. The third kappa shape index (κ3) is 1.79. The van der Waals surface area contributed by atoms with Gasteiger partial charge in [-0.05, 0) is 36.0 Å². The first kappa shape index (κ1) is 13.1. The SMILES string of the molecule is CC12CCC(C1)C(C)(C)C2Nc1nncc2ccccc12. The van der Waals surface area contributed by atoms with E-state index in [0.717, 1.165) is 17.1 Å². The standard InChI is InChI=1S/C18H23N3/c1-17(2)13-8-9-18(3,10-13)16(17)20-15-14-7-5-4-6-12(14)11-19-21-15/h4-7,11,13,16H,8-10H2,1-3H3,(H,20,21). The molecular weight excluding hydrogens is 258 g/mol. The van der Waals surface area contributed by atoms with E-state index in [1.54, 1.807) is 0 Å². The number of rotatable bonds is 2. The Bertz CT molecular complexity index is 684. The van der Waals surface area contributed by atoms with Gasteiger partial charge < -0.3 is 5.32 Å². The highest BCUT2D eigenvalue weighted by Gasteiger charge is 2.59. The van der Waals surface area contributed by atoms with Crippen molar-refractivity contribution in [2.24, 2.45) is 16.7 Å². The summed E-state index contributed by atoms with van der Waals surface area (Å²) in [7, 11) is 0. The molecule has 3 heteroatoms. The molecule has 2 aliphatic carbocycles. The zero-order valence-electron chi connectivity index (χ0n) is 13.1. The number of nitrogens with zero attached hydrogens (tertiary/aromatic N) is 2. The summed E-state index contributed by atoms with van der Waals surface area (Å²) in [6.07, 6.45) is 5.89. The molecule has 2 fully saturated rings. The number of benzene rings is 1. The second-order valence-corrected chi connectivity index (χ2v) is 7.77. The van der Waals surface area contributed by atoms with Crippen LogP contribution in [0.3, 0.4) is 0 Å². The van der Waals surface area contributed by atoms with Gasteiger partial charge in [0.05, 0.1) is 6.20 Å². The first-order valence-electron chi connectivity index (χ1n) is 7.98. The highest BCUT2D eigenvalue weighted by atomic mass is 15.2. The molecule has 0 amide bonds. The molecule has 2 saturated carbocycles. The average molecular weight is 281 g/mol. The Balaban J connectivity index is 1.75. The average Bonchev–Trinajstić information content (AvgIpc) is 2.95. The molecule has 4 rings (SSSR count). The van der Waals surface area contributed by atoms with Crippen molar-refractivity contribution >= 4 is 16.6 Å². The Morgan fingerprint density at radius 3 is 2.76 bits per heavy atom. The molecule has 3 atom stereocenters. The Morgan fingerprint density at radius 2 is 2.00 bits per heavy atom. The second kappa shape index (κ2) is 4.19. The van der Waals surface area contributed by atoms with Gasteiger partial charge in [-0.2, -0.15) is 5.10 Å². The number of aromatic nitrogens is 2. The van der Waals surface area contributed by atoms with Gasteiger partial charge in [-0.3, -0.25) is 0 Å². The van der Waals surface area contributed by atoms with Crippen molar-refractivity contribution in [1.29, 1.82) is 0 Å². The third-order valence-electron chi connectivity index (χ3n) is 6.12. The van der Waals surface area contributed by atoms with Crippen molar-refractivity contribution in [3.8, 4) is 0 Å². The highest BCUT2D eigenvalue weighted by molar-refractivity contribution is 5.91. The molecule has 0 radical (unpaired) electrons. The topological polar surface area (TPSA) is 37.8 Å². The lowest BCUT2D eigenvalue weighted by molar-refractivity contribution is 0.155. The Kier molecular flexibility index (Phi) is 2.60. The van der Waals surface area contributed by atoms with E-state index in [4.69, 9.17) is 0 Å². The van der Waals surface area contributed by atoms with Gasteiger partial charge in [-0.1, -0.05) is 45.0 Å². The quantitative estimate of drug-likeness (QED) is 0.894. The predicted octanol–water partition coefficient (Wildman–Crippen LogP) is 4.26. The fourth-order valence-electron chi connectivity index (χ4n) is 4.93. The molecule has 2 aromatic rings.